The third kappa shape index (κ3) is 9.90. The summed E-state index contributed by atoms with van der Waals surface area (Å²) in [6.07, 6.45) is 9.74. The molecule has 0 aliphatic heterocycles. The SMILES string of the molecule is CCCC(CCCCC(CC(C)(C)C)C(C)(C)C)C(C)(C)C. The van der Waals surface area contributed by atoms with Crippen molar-refractivity contribution in [2.24, 2.45) is 28.1 Å². The molecule has 0 rings (SSSR count). The Morgan fingerprint density at radius 1 is 0.591 bits per heavy atom. The zero-order valence-corrected chi connectivity index (χ0v) is 17.6. The van der Waals surface area contributed by atoms with Gasteiger partial charge in [0.05, 0.1) is 0 Å². The summed E-state index contributed by atoms with van der Waals surface area (Å²) in [5.74, 6) is 1.75. The van der Waals surface area contributed by atoms with E-state index in [1.54, 1.807) is 0 Å². The standard InChI is InChI=1S/C22H46/c1-11-14-18(21(5,6)7)15-12-13-16-19(22(8,9)10)17-20(2,3)4/h18-19H,11-17H2,1-10H3. The van der Waals surface area contributed by atoms with Gasteiger partial charge >= 0.3 is 0 Å². The predicted molar refractivity (Wildman–Crippen MR) is 103 cm³/mol. The molecule has 0 saturated carbocycles. The van der Waals surface area contributed by atoms with E-state index in [4.69, 9.17) is 0 Å². The van der Waals surface area contributed by atoms with Crippen LogP contribution in [-0.4, -0.2) is 0 Å². The fourth-order valence-electron chi connectivity index (χ4n) is 3.72. The Bertz CT molecular complexity index is 279. The van der Waals surface area contributed by atoms with Crippen LogP contribution in [0.2, 0.25) is 0 Å². The van der Waals surface area contributed by atoms with Gasteiger partial charge in [-0.2, -0.15) is 0 Å². The summed E-state index contributed by atoms with van der Waals surface area (Å²) in [6.45, 7) is 24.1. The Labute approximate surface area is 142 Å². The second-order valence-corrected chi connectivity index (χ2v) is 11.0. The first-order valence-electron chi connectivity index (χ1n) is 9.77. The van der Waals surface area contributed by atoms with Crippen molar-refractivity contribution in [1.29, 1.82) is 0 Å². The minimum Gasteiger partial charge on any atom is -0.0654 e. The summed E-state index contributed by atoms with van der Waals surface area (Å²) in [4.78, 5) is 0. The van der Waals surface area contributed by atoms with Crippen molar-refractivity contribution in [1.82, 2.24) is 0 Å². The van der Waals surface area contributed by atoms with Crippen molar-refractivity contribution in [2.75, 3.05) is 0 Å². The Kier molecular flexibility index (Phi) is 8.74. The molecule has 0 bridgehead atoms. The maximum atomic E-state index is 2.43. The van der Waals surface area contributed by atoms with Gasteiger partial charge < -0.3 is 0 Å². The van der Waals surface area contributed by atoms with Crippen molar-refractivity contribution < 1.29 is 0 Å². The fraction of sp³-hybridized carbons (Fsp3) is 1.00. The minimum atomic E-state index is 0.445. The first-order chi connectivity index (χ1) is 9.77. The lowest BCUT2D eigenvalue weighted by Crippen LogP contribution is -2.25. The molecule has 0 heteroatoms. The molecule has 0 aromatic heterocycles. The maximum Gasteiger partial charge on any atom is -0.0354 e. The molecule has 0 aromatic carbocycles. The summed E-state index contributed by atoms with van der Waals surface area (Å²) in [5, 5.41) is 0. The van der Waals surface area contributed by atoms with Crippen molar-refractivity contribution in [3.8, 4) is 0 Å². The van der Waals surface area contributed by atoms with E-state index in [-0.39, 0.29) is 0 Å². The van der Waals surface area contributed by atoms with Gasteiger partial charge in [-0.1, -0.05) is 94.9 Å². The van der Waals surface area contributed by atoms with Gasteiger partial charge in [0.2, 0.25) is 0 Å². The van der Waals surface area contributed by atoms with Gasteiger partial charge in [0.25, 0.3) is 0 Å². The number of hydrogen-bond donors (Lipinski definition) is 0. The predicted octanol–water partition coefficient (Wildman–Crippen LogP) is 8.11. The molecule has 22 heavy (non-hydrogen) atoms. The molecule has 2 unspecified atom stereocenters. The van der Waals surface area contributed by atoms with Gasteiger partial charge in [-0.05, 0) is 47.3 Å². The second-order valence-electron chi connectivity index (χ2n) is 11.0. The molecule has 0 radical (unpaired) electrons. The third-order valence-electron chi connectivity index (χ3n) is 5.30. The van der Waals surface area contributed by atoms with E-state index in [1.807, 2.05) is 0 Å². The summed E-state index contributed by atoms with van der Waals surface area (Å²) in [5.41, 5.74) is 1.37. The molecule has 0 amide bonds. The van der Waals surface area contributed by atoms with Crippen LogP contribution in [0.15, 0.2) is 0 Å². The maximum absolute atomic E-state index is 2.43. The average Bonchev–Trinajstić information content (AvgIpc) is 2.27. The van der Waals surface area contributed by atoms with Crippen LogP contribution in [0.4, 0.5) is 0 Å². The largest absolute Gasteiger partial charge is 0.0654 e. The van der Waals surface area contributed by atoms with Gasteiger partial charge in [-0.15, -0.1) is 0 Å². The topological polar surface area (TPSA) is 0 Å². The van der Waals surface area contributed by atoms with Crippen LogP contribution in [0.1, 0.15) is 114 Å². The highest BCUT2D eigenvalue weighted by atomic mass is 14.3. The van der Waals surface area contributed by atoms with E-state index in [9.17, 15) is 0 Å². The first kappa shape index (κ1) is 22.0. The van der Waals surface area contributed by atoms with Crippen LogP contribution in [0.5, 0.6) is 0 Å². The highest BCUT2D eigenvalue weighted by Crippen LogP contribution is 2.40. The monoisotopic (exact) mass is 310 g/mol. The fourth-order valence-corrected chi connectivity index (χ4v) is 3.72. The van der Waals surface area contributed by atoms with Gasteiger partial charge in [0, 0.05) is 0 Å². The van der Waals surface area contributed by atoms with Crippen LogP contribution in [0.3, 0.4) is 0 Å². The van der Waals surface area contributed by atoms with Crippen LogP contribution in [-0.2, 0) is 0 Å². The van der Waals surface area contributed by atoms with Crippen LogP contribution in [0, 0.1) is 28.1 Å². The van der Waals surface area contributed by atoms with Crippen LogP contribution >= 0.6 is 0 Å². The molecule has 0 nitrogen and oxygen atoms in total. The Morgan fingerprint density at radius 3 is 1.32 bits per heavy atom. The highest BCUT2D eigenvalue weighted by Gasteiger charge is 2.29. The van der Waals surface area contributed by atoms with Crippen molar-refractivity contribution >= 4 is 0 Å². The quantitative estimate of drug-likeness (QED) is 0.397. The zero-order chi connectivity index (χ0) is 17.6. The molecule has 0 spiro atoms. The molecular weight excluding hydrogens is 264 g/mol. The molecule has 134 valence electrons. The smallest absolute Gasteiger partial charge is 0.0354 e. The molecule has 0 aliphatic rings. The molecular formula is C22H46. The number of rotatable bonds is 8. The van der Waals surface area contributed by atoms with Crippen LogP contribution in [0.25, 0.3) is 0 Å². The van der Waals surface area contributed by atoms with Crippen molar-refractivity contribution in [3.05, 3.63) is 0 Å². The van der Waals surface area contributed by atoms with Gasteiger partial charge in [0.1, 0.15) is 0 Å². The Hall–Kier alpha value is 0. The normalized spacial score (nSPS) is 16.6. The van der Waals surface area contributed by atoms with Crippen molar-refractivity contribution in [3.63, 3.8) is 0 Å². The zero-order valence-electron chi connectivity index (χ0n) is 17.6. The van der Waals surface area contributed by atoms with Crippen molar-refractivity contribution in [2.45, 2.75) is 114 Å². The van der Waals surface area contributed by atoms with E-state index in [1.165, 1.54) is 44.9 Å². The van der Waals surface area contributed by atoms with Gasteiger partial charge in [0.15, 0.2) is 0 Å². The third-order valence-corrected chi connectivity index (χ3v) is 5.30. The molecule has 0 aliphatic carbocycles. The van der Waals surface area contributed by atoms with E-state index >= 15 is 0 Å². The van der Waals surface area contributed by atoms with E-state index < -0.39 is 0 Å². The van der Waals surface area contributed by atoms with E-state index in [0.29, 0.717) is 16.2 Å². The highest BCUT2D eigenvalue weighted by molar-refractivity contribution is 4.79. The summed E-state index contributed by atoms with van der Waals surface area (Å²) in [7, 11) is 0. The average molecular weight is 311 g/mol. The molecule has 0 N–H and O–H groups in total. The lowest BCUT2D eigenvalue weighted by atomic mass is 9.69. The molecule has 0 saturated heterocycles. The Balaban J connectivity index is 4.39. The van der Waals surface area contributed by atoms with Crippen LogP contribution < -0.4 is 0 Å². The van der Waals surface area contributed by atoms with Gasteiger partial charge in [-0.25, -0.2) is 0 Å². The molecule has 2 atom stereocenters. The molecule has 0 fully saturated rings. The summed E-state index contributed by atoms with van der Waals surface area (Å²) >= 11 is 0. The number of unbranched alkanes of at least 4 members (excludes halogenated alkanes) is 1. The van der Waals surface area contributed by atoms with E-state index in [2.05, 4.69) is 69.2 Å². The van der Waals surface area contributed by atoms with Gasteiger partial charge in [-0.3, -0.25) is 0 Å². The summed E-state index contributed by atoms with van der Waals surface area (Å²) < 4.78 is 0. The second kappa shape index (κ2) is 8.74. The first-order valence-corrected chi connectivity index (χ1v) is 9.77. The lowest BCUT2D eigenvalue weighted by molar-refractivity contribution is 0.147. The minimum absolute atomic E-state index is 0.445. The molecule has 0 heterocycles. The Morgan fingerprint density at radius 2 is 1.00 bits per heavy atom. The van der Waals surface area contributed by atoms with E-state index in [0.717, 1.165) is 11.8 Å². The lowest BCUT2D eigenvalue weighted by Gasteiger charge is -2.36. The summed E-state index contributed by atoms with van der Waals surface area (Å²) in [6, 6.07) is 0. The number of hydrogen-bond acceptors (Lipinski definition) is 0. The molecule has 0 aromatic rings.